The maximum Gasteiger partial charge on any atom is 0.218 e. The van der Waals surface area contributed by atoms with Crippen LogP contribution in [0.5, 0.6) is 0 Å². The summed E-state index contributed by atoms with van der Waals surface area (Å²) in [6, 6.07) is 28.7. The van der Waals surface area contributed by atoms with E-state index in [1.807, 2.05) is 0 Å². The molecule has 1 nitrogen and oxygen atoms in total. The molecule has 0 aliphatic heterocycles. The Balaban J connectivity index is 1.80. The molecule has 1 aromatic heterocycles. The summed E-state index contributed by atoms with van der Waals surface area (Å²) in [5.74, 6) is 0. The molecule has 1 heterocycles. The SMILES string of the molecule is CC(C)(C)c1ccc2c(ccc3c4cc[nH+]c(-c5ccccc5)c4ccc23)c1. The van der Waals surface area contributed by atoms with Crippen LogP contribution in [0, 0.1) is 0 Å². The number of aromatic nitrogens is 1. The smallest absolute Gasteiger partial charge is 0.211 e. The second kappa shape index (κ2) is 6.17. The maximum absolute atomic E-state index is 3.45. The van der Waals surface area contributed by atoms with Gasteiger partial charge in [-0.3, -0.25) is 0 Å². The summed E-state index contributed by atoms with van der Waals surface area (Å²) in [5, 5.41) is 7.80. The van der Waals surface area contributed by atoms with Crippen molar-refractivity contribution in [1.29, 1.82) is 0 Å². The Hall–Kier alpha value is -3.19. The van der Waals surface area contributed by atoms with Gasteiger partial charge in [0.25, 0.3) is 0 Å². The molecule has 0 spiro atoms. The van der Waals surface area contributed by atoms with Crippen LogP contribution in [0.15, 0.2) is 85.1 Å². The highest BCUT2D eigenvalue weighted by atomic mass is 14.7. The first-order chi connectivity index (χ1) is 13.5. The fraction of sp³-hybridized carbons (Fsp3) is 0.148. The van der Waals surface area contributed by atoms with E-state index in [0.29, 0.717) is 0 Å². The van der Waals surface area contributed by atoms with Gasteiger partial charge >= 0.3 is 0 Å². The van der Waals surface area contributed by atoms with Crippen LogP contribution in [0.25, 0.3) is 43.6 Å². The van der Waals surface area contributed by atoms with Crippen LogP contribution in [-0.2, 0) is 5.41 Å². The van der Waals surface area contributed by atoms with Gasteiger partial charge in [-0.1, -0.05) is 75.4 Å². The summed E-state index contributed by atoms with van der Waals surface area (Å²) in [4.78, 5) is 3.45. The van der Waals surface area contributed by atoms with Crippen LogP contribution in [0.3, 0.4) is 0 Å². The summed E-state index contributed by atoms with van der Waals surface area (Å²) >= 11 is 0. The molecule has 1 heteroatoms. The number of benzene rings is 4. The molecule has 4 aromatic carbocycles. The van der Waals surface area contributed by atoms with Crippen molar-refractivity contribution in [1.82, 2.24) is 0 Å². The largest absolute Gasteiger partial charge is 0.218 e. The van der Waals surface area contributed by atoms with Gasteiger partial charge in [0.05, 0.1) is 5.39 Å². The molecule has 136 valence electrons. The molecule has 1 N–H and O–H groups in total. The highest BCUT2D eigenvalue weighted by molar-refractivity contribution is 6.18. The number of pyridine rings is 1. The number of nitrogens with one attached hydrogen (secondary N) is 1. The lowest BCUT2D eigenvalue weighted by Gasteiger charge is -2.20. The van der Waals surface area contributed by atoms with E-state index in [-0.39, 0.29) is 5.41 Å². The van der Waals surface area contributed by atoms with Crippen molar-refractivity contribution in [3.8, 4) is 11.3 Å². The molecule has 5 aromatic rings. The third kappa shape index (κ3) is 2.66. The van der Waals surface area contributed by atoms with Gasteiger partial charge in [-0.2, -0.15) is 0 Å². The standard InChI is InChI=1S/C27H23N/c1-27(2,3)20-10-12-21-19(17-20)9-11-23-22(21)13-14-25-24(23)15-16-28-26(25)18-7-5-4-6-8-18/h4-17H,1-3H3/p+1. The van der Waals surface area contributed by atoms with Gasteiger partial charge in [0.2, 0.25) is 5.69 Å². The van der Waals surface area contributed by atoms with Crippen molar-refractivity contribution in [2.75, 3.05) is 0 Å². The molecule has 0 aliphatic rings. The molecule has 0 atom stereocenters. The highest BCUT2D eigenvalue weighted by Crippen LogP contribution is 2.35. The predicted molar refractivity (Wildman–Crippen MR) is 120 cm³/mol. The average Bonchev–Trinajstić information content (AvgIpc) is 2.72. The van der Waals surface area contributed by atoms with E-state index in [4.69, 9.17) is 0 Å². The molecule has 0 fully saturated rings. The molecular weight excluding hydrogens is 338 g/mol. The minimum absolute atomic E-state index is 0.160. The van der Waals surface area contributed by atoms with Crippen LogP contribution in [-0.4, -0.2) is 0 Å². The summed E-state index contributed by atoms with van der Waals surface area (Å²) in [6.07, 6.45) is 2.05. The molecule has 28 heavy (non-hydrogen) atoms. The van der Waals surface area contributed by atoms with E-state index >= 15 is 0 Å². The molecule has 0 saturated heterocycles. The molecule has 0 unspecified atom stereocenters. The van der Waals surface area contributed by atoms with Gasteiger partial charge in [-0.05, 0) is 50.7 Å². The first-order valence-electron chi connectivity index (χ1n) is 9.88. The Bertz CT molecular complexity index is 1330. The quantitative estimate of drug-likeness (QED) is 0.287. The van der Waals surface area contributed by atoms with Crippen molar-refractivity contribution in [2.45, 2.75) is 26.2 Å². The van der Waals surface area contributed by atoms with E-state index in [1.54, 1.807) is 0 Å². The molecule has 0 aliphatic carbocycles. The van der Waals surface area contributed by atoms with Crippen LogP contribution in [0.2, 0.25) is 0 Å². The topological polar surface area (TPSA) is 14.1 Å². The van der Waals surface area contributed by atoms with E-state index in [1.165, 1.54) is 49.1 Å². The van der Waals surface area contributed by atoms with Gasteiger partial charge in [-0.15, -0.1) is 0 Å². The lowest BCUT2D eigenvalue weighted by molar-refractivity contribution is -0.362. The fourth-order valence-corrected chi connectivity index (χ4v) is 4.16. The van der Waals surface area contributed by atoms with Crippen molar-refractivity contribution >= 4 is 32.3 Å². The minimum Gasteiger partial charge on any atom is -0.211 e. The van der Waals surface area contributed by atoms with Crippen LogP contribution in [0.1, 0.15) is 26.3 Å². The maximum atomic E-state index is 3.45. The van der Waals surface area contributed by atoms with E-state index in [9.17, 15) is 0 Å². The second-order valence-electron chi connectivity index (χ2n) is 8.59. The number of rotatable bonds is 1. The number of aromatic amines is 1. The summed E-state index contributed by atoms with van der Waals surface area (Å²) in [6.45, 7) is 6.80. The van der Waals surface area contributed by atoms with E-state index < -0.39 is 0 Å². The minimum atomic E-state index is 0.160. The number of hydrogen-bond donors (Lipinski definition) is 0. The van der Waals surface area contributed by atoms with Crippen LogP contribution in [0.4, 0.5) is 0 Å². The zero-order valence-electron chi connectivity index (χ0n) is 16.6. The third-order valence-corrected chi connectivity index (χ3v) is 5.73. The Morgan fingerprint density at radius 1 is 0.607 bits per heavy atom. The molecule has 0 amide bonds. The Morgan fingerprint density at radius 3 is 2.04 bits per heavy atom. The Morgan fingerprint density at radius 2 is 1.25 bits per heavy atom. The van der Waals surface area contributed by atoms with Crippen molar-refractivity contribution in [2.24, 2.45) is 0 Å². The number of hydrogen-bond acceptors (Lipinski definition) is 0. The summed E-state index contributed by atoms with van der Waals surface area (Å²) < 4.78 is 0. The molecule has 0 saturated carbocycles. The number of fused-ring (bicyclic) bond motifs is 5. The Kier molecular flexibility index (Phi) is 3.73. The van der Waals surface area contributed by atoms with Crippen molar-refractivity contribution in [3.63, 3.8) is 0 Å². The predicted octanol–water partition coefficient (Wildman–Crippen LogP) is 6.92. The van der Waals surface area contributed by atoms with Crippen LogP contribution >= 0.6 is 0 Å². The zero-order chi connectivity index (χ0) is 19.3. The van der Waals surface area contributed by atoms with Gasteiger partial charge < -0.3 is 0 Å². The monoisotopic (exact) mass is 362 g/mol. The summed E-state index contributed by atoms with van der Waals surface area (Å²) in [5.41, 5.74) is 3.92. The van der Waals surface area contributed by atoms with Crippen LogP contribution < -0.4 is 4.98 Å². The highest BCUT2D eigenvalue weighted by Gasteiger charge is 2.16. The van der Waals surface area contributed by atoms with Gasteiger partial charge in [-0.25, -0.2) is 4.98 Å². The Labute approximate surface area is 165 Å². The zero-order valence-corrected chi connectivity index (χ0v) is 16.6. The first kappa shape index (κ1) is 16.9. The van der Waals surface area contributed by atoms with Gasteiger partial charge in [0, 0.05) is 17.0 Å². The number of H-pyrrole nitrogens is 1. The lowest BCUT2D eigenvalue weighted by atomic mass is 9.85. The van der Waals surface area contributed by atoms with Crippen molar-refractivity contribution in [3.05, 3.63) is 90.6 Å². The summed E-state index contributed by atoms with van der Waals surface area (Å²) in [7, 11) is 0. The van der Waals surface area contributed by atoms with E-state index in [2.05, 4.69) is 111 Å². The molecule has 0 radical (unpaired) electrons. The van der Waals surface area contributed by atoms with Gasteiger partial charge in [0.1, 0.15) is 0 Å². The first-order valence-corrected chi connectivity index (χ1v) is 9.88. The molecule has 0 bridgehead atoms. The van der Waals surface area contributed by atoms with Crippen molar-refractivity contribution < 1.29 is 4.98 Å². The van der Waals surface area contributed by atoms with E-state index in [0.717, 1.165) is 0 Å². The average molecular weight is 362 g/mol. The fourth-order valence-electron chi connectivity index (χ4n) is 4.16. The molecular formula is C27H24N+. The normalized spacial score (nSPS) is 12.1. The van der Waals surface area contributed by atoms with Gasteiger partial charge in [0.15, 0.2) is 6.20 Å². The second-order valence-corrected chi connectivity index (χ2v) is 8.59. The lowest BCUT2D eigenvalue weighted by Crippen LogP contribution is -2.10. The molecule has 5 rings (SSSR count). The third-order valence-electron chi connectivity index (χ3n) is 5.73.